The number of halogens is 1. The smallest absolute Gasteiger partial charge is 0.0605 e. The molecule has 0 aliphatic heterocycles. The van der Waals surface area contributed by atoms with Crippen molar-refractivity contribution in [1.29, 1.82) is 0 Å². The molecule has 0 aliphatic rings. The summed E-state index contributed by atoms with van der Waals surface area (Å²) in [5, 5.41) is 0. The molecule has 1 nitrogen and oxygen atoms in total. The number of ether oxygens (including phenoxy) is 1. The van der Waals surface area contributed by atoms with Crippen LogP contribution in [0.25, 0.3) is 0 Å². The molecule has 0 saturated heterocycles. The lowest BCUT2D eigenvalue weighted by Gasteiger charge is -2.11. The fourth-order valence-corrected chi connectivity index (χ4v) is 0.825. The molecule has 0 radical (unpaired) electrons. The van der Waals surface area contributed by atoms with E-state index in [0.717, 1.165) is 12.8 Å². The Morgan fingerprint density at radius 2 is 1.89 bits per heavy atom. The number of rotatable bonds is 5. The van der Waals surface area contributed by atoms with E-state index in [-0.39, 0.29) is 0 Å². The first kappa shape index (κ1) is 9.25. The normalized spacial score (nSPS) is 10.7. The molecule has 0 amide bonds. The zero-order chi connectivity index (χ0) is 7.11. The molecule has 0 aromatic carbocycles. The van der Waals surface area contributed by atoms with E-state index in [9.17, 15) is 0 Å². The van der Waals surface area contributed by atoms with Gasteiger partial charge in [0.15, 0.2) is 0 Å². The molecule has 0 saturated carbocycles. The lowest BCUT2D eigenvalue weighted by atomic mass is 10.2. The molecule has 2 heteroatoms. The number of hydrogen-bond acceptors (Lipinski definition) is 1. The van der Waals surface area contributed by atoms with Crippen molar-refractivity contribution in [1.82, 2.24) is 0 Å². The Kier molecular flexibility index (Phi) is 6.55. The minimum absolute atomic E-state index is 0.420. The van der Waals surface area contributed by atoms with Crippen LogP contribution in [0.1, 0.15) is 26.7 Å². The average Bonchev–Trinajstić information content (AvgIpc) is 1.91. The van der Waals surface area contributed by atoms with E-state index < -0.39 is 0 Å². The summed E-state index contributed by atoms with van der Waals surface area (Å²) in [5.41, 5.74) is 0. The topological polar surface area (TPSA) is 9.23 Å². The molecule has 0 aromatic rings. The van der Waals surface area contributed by atoms with Crippen LogP contribution in [0.3, 0.4) is 0 Å². The van der Waals surface area contributed by atoms with Gasteiger partial charge in [-0.3, -0.25) is 0 Å². The molecule has 0 aliphatic carbocycles. The predicted molar refractivity (Wildman–Crippen MR) is 41.0 cm³/mol. The Labute approximate surface area is 62.3 Å². The maximum Gasteiger partial charge on any atom is 0.0605 e. The standard InChI is InChI=1S/C7H15ClO/c1-3-7(4-2)9-6-5-8/h7H,3-6H2,1-2H3. The highest BCUT2D eigenvalue weighted by Gasteiger charge is 2.00. The molecule has 0 unspecified atom stereocenters. The highest BCUT2D eigenvalue weighted by atomic mass is 35.5. The molecule has 56 valence electrons. The van der Waals surface area contributed by atoms with Gasteiger partial charge in [0.2, 0.25) is 0 Å². The second-order valence-corrected chi connectivity index (χ2v) is 2.38. The monoisotopic (exact) mass is 150 g/mol. The zero-order valence-electron chi connectivity index (χ0n) is 6.19. The van der Waals surface area contributed by atoms with Crippen molar-refractivity contribution in [2.45, 2.75) is 32.8 Å². The maximum atomic E-state index is 5.43. The van der Waals surface area contributed by atoms with E-state index in [1.165, 1.54) is 0 Å². The van der Waals surface area contributed by atoms with E-state index in [4.69, 9.17) is 16.3 Å². The van der Waals surface area contributed by atoms with E-state index >= 15 is 0 Å². The largest absolute Gasteiger partial charge is 0.377 e. The van der Waals surface area contributed by atoms with Gasteiger partial charge in [0, 0.05) is 5.88 Å². The summed E-state index contributed by atoms with van der Waals surface area (Å²) in [4.78, 5) is 0. The van der Waals surface area contributed by atoms with E-state index in [2.05, 4.69) is 13.8 Å². The Hall–Kier alpha value is 0.250. The lowest BCUT2D eigenvalue weighted by Crippen LogP contribution is -2.11. The van der Waals surface area contributed by atoms with Gasteiger partial charge in [-0.15, -0.1) is 11.6 Å². The van der Waals surface area contributed by atoms with E-state index in [0.29, 0.717) is 18.6 Å². The quantitative estimate of drug-likeness (QED) is 0.547. The summed E-state index contributed by atoms with van der Waals surface area (Å²) >= 11 is 5.43. The average molecular weight is 151 g/mol. The first-order valence-corrected chi connectivity index (χ1v) is 4.06. The minimum Gasteiger partial charge on any atom is -0.377 e. The Balaban J connectivity index is 3.09. The molecular weight excluding hydrogens is 136 g/mol. The van der Waals surface area contributed by atoms with Crippen LogP contribution in [-0.2, 0) is 4.74 Å². The molecule has 0 atom stereocenters. The summed E-state index contributed by atoms with van der Waals surface area (Å²) < 4.78 is 5.36. The molecule has 0 rings (SSSR count). The Morgan fingerprint density at radius 3 is 2.22 bits per heavy atom. The van der Waals surface area contributed by atoms with E-state index in [1.807, 2.05) is 0 Å². The van der Waals surface area contributed by atoms with Gasteiger partial charge >= 0.3 is 0 Å². The highest BCUT2D eigenvalue weighted by molar-refractivity contribution is 6.17. The van der Waals surface area contributed by atoms with Crippen molar-refractivity contribution in [3.8, 4) is 0 Å². The molecule has 0 N–H and O–H groups in total. The second kappa shape index (κ2) is 6.37. The molecule has 0 heterocycles. The number of alkyl halides is 1. The van der Waals surface area contributed by atoms with Gasteiger partial charge in [-0.2, -0.15) is 0 Å². The molecule has 0 aromatic heterocycles. The van der Waals surface area contributed by atoms with Gasteiger partial charge in [0.1, 0.15) is 0 Å². The Bertz CT molecular complexity index is 52.9. The van der Waals surface area contributed by atoms with Gasteiger partial charge in [-0.05, 0) is 12.8 Å². The van der Waals surface area contributed by atoms with Crippen molar-refractivity contribution in [3.05, 3.63) is 0 Å². The summed E-state index contributed by atoms with van der Waals surface area (Å²) in [7, 11) is 0. The first-order chi connectivity index (χ1) is 4.35. The van der Waals surface area contributed by atoms with Crippen LogP contribution in [0.15, 0.2) is 0 Å². The van der Waals surface area contributed by atoms with Crippen molar-refractivity contribution in [2.24, 2.45) is 0 Å². The molecule has 0 fully saturated rings. The summed E-state index contributed by atoms with van der Waals surface area (Å²) in [6.45, 7) is 4.94. The number of hydrogen-bond donors (Lipinski definition) is 0. The molecule has 9 heavy (non-hydrogen) atoms. The third-order valence-electron chi connectivity index (χ3n) is 1.34. The van der Waals surface area contributed by atoms with Gasteiger partial charge in [0.05, 0.1) is 12.7 Å². The van der Waals surface area contributed by atoms with Crippen molar-refractivity contribution < 1.29 is 4.74 Å². The van der Waals surface area contributed by atoms with Crippen LogP contribution in [0.5, 0.6) is 0 Å². The second-order valence-electron chi connectivity index (χ2n) is 2.00. The zero-order valence-corrected chi connectivity index (χ0v) is 6.95. The van der Waals surface area contributed by atoms with E-state index in [1.54, 1.807) is 0 Å². The summed E-state index contributed by atoms with van der Waals surface area (Å²) in [5.74, 6) is 0.608. The molecule has 0 spiro atoms. The Morgan fingerprint density at radius 1 is 1.33 bits per heavy atom. The predicted octanol–water partition coefficient (Wildman–Crippen LogP) is 2.43. The van der Waals surface area contributed by atoms with Crippen LogP contribution in [0.2, 0.25) is 0 Å². The van der Waals surface area contributed by atoms with Crippen LogP contribution in [0.4, 0.5) is 0 Å². The lowest BCUT2D eigenvalue weighted by molar-refractivity contribution is 0.0591. The van der Waals surface area contributed by atoms with Crippen LogP contribution < -0.4 is 0 Å². The fraction of sp³-hybridized carbons (Fsp3) is 1.00. The van der Waals surface area contributed by atoms with Crippen LogP contribution in [-0.4, -0.2) is 18.6 Å². The highest BCUT2D eigenvalue weighted by Crippen LogP contribution is 2.01. The third kappa shape index (κ3) is 4.73. The molecule has 0 bridgehead atoms. The third-order valence-corrected chi connectivity index (χ3v) is 1.50. The minimum atomic E-state index is 0.420. The maximum absolute atomic E-state index is 5.43. The van der Waals surface area contributed by atoms with Crippen molar-refractivity contribution in [2.75, 3.05) is 12.5 Å². The van der Waals surface area contributed by atoms with Gasteiger partial charge in [0.25, 0.3) is 0 Å². The fourth-order valence-electron chi connectivity index (χ4n) is 0.736. The molecular formula is C7H15ClO. The van der Waals surface area contributed by atoms with Crippen molar-refractivity contribution in [3.63, 3.8) is 0 Å². The van der Waals surface area contributed by atoms with Gasteiger partial charge < -0.3 is 4.74 Å². The summed E-state index contributed by atoms with van der Waals surface area (Å²) in [6.07, 6.45) is 2.60. The van der Waals surface area contributed by atoms with Crippen LogP contribution >= 0.6 is 11.6 Å². The van der Waals surface area contributed by atoms with Crippen LogP contribution in [0, 0.1) is 0 Å². The van der Waals surface area contributed by atoms with Gasteiger partial charge in [-0.25, -0.2) is 0 Å². The first-order valence-electron chi connectivity index (χ1n) is 3.52. The summed E-state index contributed by atoms with van der Waals surface area (Å²) in [6, 6.07) is 0. The van der Waals surface area contributed by atoms with Crippen molar-refractivity contribution >= 4 is 11.6 Å². The van der Waals surface area contributed by atoms with Gasteiger partial charge in [-0.1, -0.05) is 13.8 Å². The SMILES string of the molecule is CCC(CC)OCCCl.